The fourth-order valence-electron chi connectivity index (χ4n) is 9.51. The van der Waals surface area contributed by atoms with Crippen LogP contribution in [0.5, 0.6) is 0 Å². The number of amides is 3. The predicted molar refractivity (Wildman–Crippen MR) is 319 cm³/mol. The third-order valence-electron chi connectivity index (χ3n) is 13.4. The molecule has 79 heavy (non-hydrogen) atoms. The van der Waals surface area contributed by atoms with E-state index in [-0.39, 0.29) is 59.3 Å². The van der Waals surface area contributed by atoms with E-state index >= 15 is 0 Å². The third-order valence-corrected chi connectivity index (χ3v) is 13.5. The van der Waals surface area contributed by atoms with Crippen LogP contribution in [0.3, 0.4) is 0 Å². The summed E-state index contributed by atoms with van der Waals surface area (Å²) in [6.45, 7) is 22.3. The van der Waals surface area contributed by atoms with Crippen LogP contribution in [0.15, 0.2) is 84.2 Å². The first-order valence-corrected chi connectivity index (χ1v) is 27.4. The smallest absolute Gasteiger partial charge is 0.249 e. The number of anilines is 8. The second-order valence-corrected chi connectivity index (χ2v) is 20.0. The van der Waals surface area contributed by atoms with Crippen molar-refractivity contribution in [3.05, 3.63) is 95.7 Å². The number of nitrogens with one attached hydrogen (secondary N) is 1. The molecule has 3 aromatic heterocycles. The summed E-state index contributed by atoms with van der Waals surface area (Å²) < 4.78 is 0. The van der Waals surface area contributed by atoms with Gasteiger partial charge in [0, 0.05) is 83.1 Å². The number of nitrogens with zero attached hydrogens (tertiary/aromatic N) is 14. The van der Waals surface area contributed by atoms with Crippen molar-refractivity contribution in [2.24, 2.45) is 22.2 Å². The van der Waals surface area contributed by atoms with Crippen LogP contribution in [-0.4, -0.2) is 156 Å². The molecule has 0 unspecified atom stereocenters. The molecule has 426 valence electrons. The van der Waals surface area contributed by atoms with Gasteiger partial charge in [-0.05, 0) is 72.4 Å². The van der Waals surface area contributed by atoms with E-state index < -0.39 is 0 Å². The summed E-state index contributed by atoms with van der Waals surface area (Å²) in [5.41, 5.74) is 19.3. The SMILES string of the molecule is CC[C@@H]1C(=O)N(C)c2cnc(Cl)nc2N1C(C)C.CC[C@@H]1C(=O)N(C)c2cnc(N3CCN=C3c3ccccc3)nc2N1C(C)C.CC[C@@H]1C(=O)N(C)c2cnc(NCCN)nc2N1C(C)C.NCCN.O=Cc1ccccc1. The van der Waals surface area contributed by atoms with Gasteiger partial charge in [0.2, 0.25) is 34.9 Å². The van der Waals surface area contributed by atoms with Crippen molar-refractivity contribution in [3.63, 3.8) is 0 Å². The molecule has 5 aromatic rings. The number of hydrogen-bond acceptors (Lipinski definition) is 19. The van der Waals surface area contributed by atoms with E-state index in [9.17, 15) is 19.2 Å². The van der Waals surface area contributed by atoms with Crippen molar-refractivity contribution in [1.82, 2.24) is 29.9 Å². The lowest BCUT2D eigenvalue weighted by Crippen LogP contribution is -2.55. The van der Waals surface area contributed by atoms with Gasteiger partial charge in [0.1, 0.15) is 47.3 Å². The van der Waals surface area contributed by atoms with Crippen LogP contribution in [0.4, 0.5) is 46.4 Å². The minimum Gasteiger partial charge on any atom is -0.353 e. The highest BCUT2D eigenvalue weighted by molar-refractivity contribution is 6.28. The highest BCUT2D eigenvalue weighted by atomic mass is 35.5. The van der Waals surface area contributed by atoms with E-state index in [4.69, 9.17) is 33.8 Å². The van der Waals surface area contributed by atoms with Gasteiger partial charge < -0.3 is 51.9 Å². The number of likely N-dealkylation sites (N-methyl/N-ethyl adjacent to an activating group) is 3. The highest BCUT2D eigenvalue weighted by Crippen LogP contribution is 2.39. The minimum atomic E-state index is -0.207. The van der Waals surface area contributed by atoms with Crippen molar-refractivity contribution in [3.8, 4) is 0 Å². The van der Waals surface area contributed by atoms with E-state index in [1.165, 1.54) is 0 Å². The van der Waals surface area contributed by atoms with Crippen molar-refractivity contribution in [1.29, 1.82) is 0 Å². The summed E-state index contributed by atoms with van der Waals surface area (Å²) in [5, 5.41) is 3.29. The van der Waals surface area contributed by atoms with Crippen LogP contribution in [0, 0.1) is 0 Å². The molecule has 2 aromatic carbocycles. The summed E-state index contributed by atoms with van der Waals surface area (Å²) in [4.78, 5) is 92.1. The number of aldehydes is 1. The van der Waals surface area contributed by atoms with E-state index in [1.54, 1.807) is 66.6 Å². The van der Waals surface area contributed by atoms with Crippen LogP contribution >= 0.6 is 11.6 Å². The van der Waals surface area contributed by atoms with Crippen molar-refractivity contribution < 1.29 is 19.2 Å². The fourth-order valence-corrected chi connectivity index (χ4v) is 9.64. The predicted octanol–water partition coefficient (Wildman–Crippen LogP) is 6.03. The number of rotatable bonds is 13. The maximum atomic E-state index is 12.8. The Morgan fingerprint density at radius 3 is 1.46 bits per heavy atom. The topological polar surface area (TPSA) is 271 Å². The Hall–Kier alpha value is -7.40. The van der Waals surface area contributed by atoms with Gasteiger partial charge in [-0.2, -0.15) is 15.0 Å². The molecule has 0 saturated heterocycles. The summed E-state index contributed by atoms with van der Waals surface area (Å²) >= 11 is 5.87. The molecule has 3 amide bonds. The van der Waals surface area contributed by atoms with Crippen LogP contribution in [0.25, 0.3) is 0 Å². The molecule has 3 atom stereocenters. The second kappa shape index (κ2) is 29.5. The van der Waals surface area contributed by atoms with Gasteiger partial charge in [0.05, 0.1) is 25.1 Å². The first kappa shape index (κ1) is 62.4. The van der Waals surface area contributed by atoms with Gasteiger partial charge in [-0.15, -0.1) is 0 Å². The summed E-state index contributed by atoms with van der Waals surface area (Å²) in [6.07, 6.45) is 8.11. The molecule has 0 fully saturated rings. The Labute approximate surface area is 470 Å². The van der Waals surface area contributed by atoms with Crippen LogP contribution < -0.4 is 56.8 Å². The molecule has 22 nitrogen and oxygen atoms in total. The standard InChI is InChI=1S/C21H26N6O.C14H24N6O.C12H17ClN4O.C7H6O.C2H8N2/c1-5-16-20(28)25(4)17-13-23-21(24-19(17)27(16)14(2)3)26-12-11-22-18(26)15-9-7-6-8-10-15;1-5-10-13(21)19(4)11-8-17-14(16-7-6-15)18-12(11)20(10)9(2)3;1-5-8-11(18)16(4)9-6-14-12(13)15-10(9)17(8)7(2)3;8-6-7-4-2-1-3-5-7;3-1-2-4/h6-10,13-14,16H,5,11-12H2,1-4H3;8-10H,5-7,15H2,1-4H3,(H,16,17,18);6-8H,5H2,1-4H3;1-6H;1-4H2/t16-;10-;8-;;/m111../s1. The molecule has 7 heterocycles. The zero-order valence-corrected chi connectivity index (χ0v) is 48.7. The van der Waals surface area contributed by atoms with Gasteiger partial charge in [0.25, 0.3) is 0 Å². The number of carbonyl (C=O) groups excluding carboxylic acids is 4. The lowest BCUT2D eigenvalue weighted by molar-refractivity contribution is -0.120. The molecule has 0 radical (unpaired) electrons. The number of nitrogens with two attached hydrogens (primary N) is 3. The first-order valence-electron chi connectivity index (χ1n) is 27.0. The molecule has 4 aliphatic heterocycles. The van der Waals surface area contributed by atoms with Gasteiger partial charge >= 0.3 is 0 Å². The summed E-state index contributed by atoms with van der Waals surface area (Å²) in [6, 6.07) is 19.2. The fraction of sp³-hybridized carbons (Fsp3) is 0.482. The van der Waals surface area contributed by atoms with Crippen LogP contribution in [0.2, 0.25) is 5.28 Å². The molecule has 9 rings (SSSR count). The van der Waals surface area contributed by atoms with Gasteiger partial charge in [-0.1, -0.05) is 81.4 Å². The van der Waals surface area contributed by atoms with Gasteiger partial charge in [-0.25, -0.2) is 15.0 Å². The number of aromatic nitrogens is 6. The molecule has 23 heteroatoms. The number of halogens is 1. The van der Waals surface area contributed by atoms with Crippen LogP contribution in [0.1, 0.15) is 97.5 Å². The van der Waals surface area contributed by atoms with Gasteiger partial charge in [-0.3, -0.25) is 29.1 Å². The number of amidine groups is 1. The van der Waals surface area contributed by atoms with Gasteiger partial charge in [0.15, 0.2) is 17.5 Å². The first-order chi connectivity index (χ1) is 37.8. The Bertz CT molecular complexity index is 2820. The Morgan fingerprint density at radius 2 is 1.04 bits per heavy atom. The average Bonchev–Trinajstić information content (AvgIpc) is 4.11. The number of benzene rings is 2. The lowest BCUT2D eigenvalue weighted by Gasteiger charge is -2.42. The van der Waals surface area contributed by atoms with Crippen LogP contribution in [-0.2, 0) is 14.4 Å². The number of hydrogen-bond donors (Lipinski definition) is 4. The largest absolute Gasteiger partial charge is 0.353 e. The molecular weight excluding hydrogens is 1020 g/mol. The molecular formula is C56H81ClN18O4. The maximum Gasteiger partial charge on any atom is 0.249 e. The van der Waals surface area contributed by atoms with E-state index in [0.717, 1.165) is 77.9 Å². The molecule has 0 spiro atoms. The van der Waals surface area contributed by atoms with Crippen molar-refractivity contribution >= 4 is 87.9 Å². The van der Waals surface area contributed by atoms with E-state index in [1.807, 2.05) is 75.9 Å². The lowest BCUT2D eigenvalue weighted by atomic mass is 10.1. The van der Waals surface area contributed by atoms with E-state index in [0.29, 0.717) is 50.3 Å². The number of aliphatic imine (C=N–C) groups is 1. The number of fused-ring (bicyclic) bond motifs is 3. The maximum absolute atomic E-state index is 12.8. The highest BCUT2D eigenvalue weighted by Gasteiger charge is 2.41. The van der Waals surface area contributed by atoms with Crippen molar-refractivity contribution in [2.45, 2.75) is 118 Å². The Kier molecular flexibility index (Phi) is 23.3. The third kappa shape index (κ3) is 14.6. The Balaban J connectivity index is 0.000000201. The average molecular weight is 1110 g/mol. The molecule has 0 aliphatic carbocycles. The quantitative estimate of drug-likeness (QED) is 0.0774. The number of carbonyl (C=O) groups is 4. The normalized spacial score (nSPS) is 17.4. The second-order valence-electron chi connectivity index (χ2n) is 19.6. The molecule has 4 aliphatic rings. The summed E-state index contributed by atoms with van der Waals surface area (Å²) in [7, 11) is 5.33. The van der Waals surface area contributed by atoms with E-state index in [2.05, 4.69) is 89.8 Å². The molecule has 7 N–H and O–H groups in total. The molecule has 0 saturated carbocycles. The molecule has 0 bridgehead atoms. The summed E-state index contributed by atoms with van der Waals surface area (Å²) in [5.74, 6) is 4.66. The monoisotopic (exact) mass is 1100 g/mol. The Morgan fingerprint density at radius 1 is 0.608 bits per heavy atom. The van der Waals surface area contributed by atoms with Crippen molar-refractivity contribution in [2.75, 3.05) is 100 Å². The zero-order chi connectivity index (χ0) is 58.1. The zero-order valence-electron chi connectivity index (χ0n) is 47.9. The minimum absolute atomic E-state index is 0.0737.